The van der Waals surface area contributed by atoms with Crippen molar-refractivity contribution in [2.45, 2.75) is 106 Å². The zero-order valence-electron chi connectivity index (χ0n) is 20.8. The van der Waals surface area contributed by atoms with Crippen LogP contribution < -0.4 is 0 Å². The lowest BCUT2D eigenvalue weighted by Gasteiger charge is -2.24. The molecule has 0 nitrogen and oxygen atoms in total. The Morgan fingerprint density at radius 2 is 1.12 bits per heavy atom. The second-order valence-corrected chi connectivity index (χ2v) is 13.3. The van der Waals surface area contributed by atoms with Gasteiger partial charge in [0.2, 0.25) is 0 Å². The summed E-state index contributed by atoms with van der Waals surface area (Å²) in [4.78, 5) is 0. The minimum Gasteiger partial charge on any atom is -0.0932 e. The molecule has 0 spiro atoms. The third-order valence-electron chi connectivity index (χ3n) is 7.41. The molecule has 32 heavy (non-hydrogen) atoms. The number of benzene rings is 2. The average molecular weight is 445 g/mol. The van der Waals surface area contributed by atoms with Crippen LogP contribution in [0, 0.1) is 0 Å². The molecule has 172 valence electrons. The number of unbranched alkanes of at least 4 members (excludes halogenated alkanes) is 10. The predicted molar refractivity (Wildman–Crippen MR) is 146 cm³/mol. The first kappa shape index (κ1) is 25.3. The van der Waals surface area contributed by atoms with Crippen LogP contribution in [-0.2, 0) is 0 Å². The minimum absolute atomic E-state index is 0.708. The van der Waals surface area contributed by atoms with Crippen LogP contribution in [-0.4, -0.2) is 14.1 Å². The monoisotopic (exact) mass is 444 g/mol. The van der Waals surface area contributed by atoms with Gasteiger partial charge in [0.05, 0.1) is 0 Å². The van der Waals surface area contributed by atoms with Gasteiger partial charge in [-0.2, -0.15) is 0 Å². The highest BCUT2D eigenvalue weighted by molar-refractivity contribution is 6.63. The van der Waals surface area contributed by atoms with Gasteiger partial charge in [-0.05, 0) is 27.0 Å². The van der Waals surface area contributed by atoms with Crippen LogP contribution in [0.2, 0.25) is 10.6 Å². The van der Waals surface area contributed by atoms with Crippen LogP contribution in [0.3, 0.4) is 0 Å². The third-order valence-corrected chi connectivity index (χ3v) is 11.4. The normalized spacial score (nSPS) is 14.9. The molecule has 2 aromatic rings. The van der Waals surface area contributed by atoms with Gasteiger partial charge in [0.25, 0.3) is 14.1 Å². The molecule has 0 radical (unpaired) electrons. The molecule has 1 atom stereocenters. The summed E-state index contributed by atoms with van der Waals surface area (Å²) in [6, 6.07) is 20.5. The van der Waals surface area contributed by atoms with E-state index >= 15 is 0 Å². The molecule has 0 amide bonds. The van der Waals surface area contributed by atoms with Crippen molar-refractivity contribution in [3.8, 4) is 0 Å². The second-order valence-electron chi connectivity index (χ2n) is 9.95. The van der Waals surface area contributed by atoms with Gasteiger partial charge in [0, 0.05) is 0 Å². The van der Waals surface area contributed by atoms with E-state index in [9.17, 15) is 0 Å². The molecule has 1 aliphatic rings. The van der Waals surface area contributed by atoms with E-state index in [0.717, 1.165) is 0 Å². The van der Waals surface area contributed by atoms with Gasteiger partial charge in [-0.3, -0.25) is 0 Å². The largest absolute Gasteiger partial charge is 0.278 e. The number of hydrogen-bond donors (Lipinski definition) is 0. The Hall–Kier alpha value is -1.29. The predicted octanol–water partition coefficient (Wildman–Crippen LogP) is 10.1. The summed E-state index contributed by atoms with van der Waals surface area (Å²) < 4.78 is 0.708. The smallest absolute Gasteiger partial charge is 0.0932 e. The first-order valence-corrected chi connectivity index (χ1v) is 16.0. The molecule has 0 fully saturated rings. The molecule has 0 heterocycles. The Bertz CT molecular complexity index is 775. The number of fused-ring (bicyclic) bond motifs is 1. The first-order chi connectivity index (χ1) is 15.8. The van der Waals surface area contributed by atoms with Crippen molar-refractivity contribution in [3.63, 3.8) is 0 Å². The molecule has 0 bridgehead atoms. The molecule has 0 saturated heterocycles. The Morgan fingerprint density at radius 3 is 1.75 bits per heavy atom. The molecule has 1 unspecified atom stereocenters. The molecule has 0 aliphatic heterocycles. The summed E-state index contributed by atoms with van der Waals surface area (Å²) in [6.07, 6.45) is 19.6. The van der Waals surface area contributed by atoms with Crippen LogP contribution in [0.4, 0.5) is 0 Å². The van der Waals surface area contributed by atoms with E-state index in [1.54, 1.807) is 11.1 Å². The maximum Gasteiger partial charge on any atom is 0.278 e. The quantitative estimate of drug-likeness (QED) is 0.178. The summed E-state index contributed by atoms with van der Waals surface area (Å²) in [7, 11) is 0. The summed E-state index contributed by atoms with van der Waals surface area (Å²) in [5.41, 5.74) is 6.21. The fourth-order valence-corrected chi connectivity index (χ4v) is 9.79. The lowest BCUT2D eigenvalue weighted by Crippen LogP contribution is -2.24. The molecule has 0 saturated carbocycles. The maximum absolute atomic E-state index is 2.53. The van der Waals surface area contributed by atoms with Crippen LogP contribution in [0.25, 0.3) is 11.6 Å². The van der Waals surface area contributed by atoms with Crippen molar-refractivity contribution in [2.75, 3.05) is 0 Å². The van der Waals surface area contributed by atoms with E-state index in [1.807, 2.05) is 0 Å². The van der Waals surface area contributed by atoms with Gasteiger partial charge in [0.1, 0.15) is 0 Å². The third kappa shape index (κ3) is 7.64. The highest BCUT2D eigenvalue weighted by atomic mass is 27.2. The Balaban J connectivity index is 1.71. The van der Waals surface area contributed by atoms with E-state index < -0.39 is 14.1 Å². The Kier molecular flexibility index (Phi) is 11.7. The Morgan fingerprint density at radius 1 is 0.594 bits per heavy atom. The standard InChI is InChI=1S/C15H11.2C8H17.Al/c1-2-6-12(7-3-1)15-10-13-8-4-5-9-14(13)11-15;2*1-3-5-7-8-6-4-2;/h1-11H;2*1,3-8H2,2H3;. The van der Waals surface area contributed by atoms with Crippen molar-refractivity contribution in [1.29, 1.82) is 0 Å². The minimum atomic E-state index is -0.937. The van der Waals surface area contributed by atoms with Gasteiger partial charge in [-0.1, -0.05) is 162 Å². The topological polar surface area (TPSA) is 0 Å². The van der Waals surface area contributed by atoms with Crippen LogP contribution >= 0.6 is 0 Å². The average Bonchev–Trinajstić information content (AvgIpc) is 3.22. The summed E-state index contributed by atoms with van der Waals surface area (Å²) in [6.45, 7) is 4.64. The molecule has 1 heteroatoms. The number of allylic oxidation sites excluding steroid dienone is 1. The fourth-order valence-electron chi connectivity index (χ4n) is 5.60. The van der Waals surface area contributed by atoms with Crippen molar-refractivity contribution >= 4 is 25.8 Å². The van der Waals surface area contributed by atoms with Gasteiger partial charge < -0.3 is 0 Å². The van der Waals surface area contributed by atoms with Gasteiger partial charge >= 0.3 is 0 Å². The van der Waals surface area contributed by atoms with Crippen LogP contribution in [0.1, 0.15) is 112 Å². The molecule has 0 aromatic heterocycles. The Labute approximate surface area is 202 Å². The molecular formula is C31H45Al. The zero-order valence-corrected chi connectivity index (χ0v) is 22.0. The van der Waals surface area contributed by atoms with Crippen LogP contribution in [0.15, 0.2) is 54.6 Å². The summed E-state index contributed by atoms with van der Waals surface area (Å²) in [5, 5.41) is 3.04. The molecular weight excluding hydrogens is 399 g/mol. The summed E-state index contributed by atoms with van der Waals surface area (Å²) in [5.74, 6) is 0. The SMILES string of the molecule is CCCCCCC[CH2][Al]([CH2]CCCCCCC)[CH]1C(c2ccccc2)=Cc2ccccc21. The van der Waals surface area contributed by atoms with Crippen molar-refractivity contribution in [1.82, 2.24) is 0 Å². The zero-order chi connectivity index (χ0) is 22.4. The lowest BCUT2D eigenvalue weighted by molar-refractivity contribution is 0.616. The highest BCUT2D eigenvalue weighted by Gasteiger charge is 2.35. The fraction of sp³-hybridized carbons (Fsp3) is 0.548. The number of rotatable bonds is 16. The molecule has 3 rings (SSSR count). The lowest BCUT2D eigenvalue weighted by atomic mass is 10.0. The van der Waals surface area contributed by atoms with Gasteiger partial charge in [-0.25, -0.2) is 0 Å². The second kappa shape index (κ2) is 14.8. The van der Waals surface area contributed by atoms with Crippen molar-refractivity contribution in [2.24, 2.45) is 0 Å². The molecule has 0 N–H and O–H groups in total. The van der Waals surface area contributed by atoms with E-state index in [1.165, 1.54) is 98.7 Å². The number of hydrogen-bond acceptors (Lipinski definition) is 0. The van der Waals surface area contributed by atoms with Gasteiger partial charge in [-0.15, -0.1) is 0 Å². The van der Waals surface area contributed by atoms with Crippen molar-refractivity contribution in [3.05, 3.63) is 71.3 Å². The van der Waals surface area contributed by atoms with Crippen molar-refractivity contribution < 1.29 is 0 Å². The van der Waals surface area contributed by atoms with E-state index in [0.29, 0.717) is 4.78 Å². The van der Waals surface area contributed by atoms with Crippen LogP contribution in [0.5, 0.6) is 0 Å². The molecule has 2 aromatic carbocycles. The van der Waals surface area contributed by atoms with Gasteiger partial charge in [0.15, 0.2) is 0 Å². The maximum atomic E-state index is 2.53. The highest BCUT2D eigenvalue weighted by Crippen LogP contribution is 2.45. The van der Waals surface area contributed by atoms with E-state index in [2.05, 4.69) is 74.5 Å². The molecule has 1 aliphatic carbocycles. The van der Waals surface area contributed by atoms with E-state index in [-0.39, 0.29) is 0 Å². The van der Waals surface area contributed by atoms with E-state index in [4.69, 9.17) is 0 Å². The first-order valence-electron chi connectivity index (χ1n) is 13.7. The summed E-state index contributed by atoms with van der Waals surface area (Å²) >= 11 is -0.937.